The van der Waals surface area contributed by atoms with Gasteiger partial charge in [0.1, 0.15) is 0 Å². The number of hydrazine groups is 1. The maximum absolute atomic E-state index is 12.4. The van der Waals surface area contributed by atoms with Gasteiger partial charge < -0.3 is 0 Å². The molecule has 0 heterocycles. The summed E-state index contributed by atoms with van der Waals surface area (Å²) in [5.74, 6) is -0.209. The number of amides is 1. The minimum atomic E-state index is -0.181. The zero-order valence-corrected chi connectivity index (χ0v) is 15.0. The lowest BCUT2D eigenvalue weighted by molar-refractivity contribution is -0.121. The second-order valence-corrected chi connectivity index (χ2v) is 6.23. The Hall–Kier alpha value is -3.40. The number of rotatable bonds is 8. The molecule has 0 aromatic heterocycles. The minimum absolute atomic E-state index is 0.0277. The molecule has 0 fully saturated rings. The fourth-order valence-corrected chi connectivity index (χ4v) is 2.77. The maximum Gasteiger partial charge on any atom is 0.238 e. The first kappa shape index (κ1) is 18.4. The smallest absolute Gasteiger partial charge is 0.238 e. The highest BCUT2D eigenvalue weighted by Gasteiger charge is 2.13. The molecule has 1 N–H and O–H groups in total. The van der Waals surface area contributed by atoms with Gasteiger partial charge in [-0.05, 0) is 17.7 Å². The molecule has 1 amide bonds. The number of nitrogens with zero attached hydrogens (tertiary/aromatic N) is 1. The molecule has 4 heteroatoms. The van der Waals surface area contributed by atoms with E-state index in [2.05, 4.69) is 5.43 Å². The van der Waals surface area contributed by atoms with Crippen LogP contribution in [-0.4, -0.2) is 11.7 Å². The molecule has 136 valence electrons. The van der Waals surface area contributed by atoms with Crippen molar-refractivity contribution in [2.45, 2.75) is 19.4 Å². The lowest BCUT2D eigenvalue weighted by Gasteiger charge is -2.25. The number of Topliss-reactive ketones (excluding diaryl/α,β-unsaturated/α-hetero) is 1. The van der Waals surface area contributed by atoms with Crippen LogP contribution >= 0.6 is 0 Å². The molecule has 3 rings (SSSR count). The van der Waals surface area contributed by atoms with E-state index in [0.29, 0.717) is 12.1 Å². The molecular formula is C23H22N2O2. The standard InChI is InChI=1S/C23H22N2O2/c26-22(20-12-6-2-7-13-20)16-17-23(27)24-25(21-14-8-3-9-15-21)18-19-10-4-1-5-11-19/h1-15H,16-18H2,(H,24,27). The van der Waals surface area contributed by atoms with Gasteiger partial charge in [0.2, 0.25) is 5.91 Å². The molecule has 4 nitrogen and oxygen atoms in total. The van der Waals surface area contributed by atoms with Crippen LogP contribution in [0.3, 0.4) is 0 Å². The molecule has 0 bridgehead atoms. The number of ketones is 1. The monoisotopic (exact) mass is 358 g/mol. The van der Waals surface area contributed by atoms with Crippen LogP contribution in [0.4, 0.5) is 5.69 Å². The van der Waals surface area contributed by atoms with E-state index in [0.717, 1.165) is 11.3 Å². The second kappa shape index (κ2) is 9.34. The van der Waals surface area contributed by atoms with Gasteiger partial charge in [-0.25, -0.2) is 0 Å². The van der Waals surface area contributed by atoms with Gasteiger partial charge in [0.05, 0.1) is 12.2 Å². The first-order valence-corrected chi connectivity index (χ1v) is 8.96. The van der Waals surface area contributed by atoms with Gasteiger partial charge in [0.25, 0.3) is 0 Å². The van der Waals surface area contributed by atoms with Crippen molar-refractivity contribution in [1.29, 1.82) is 0 Å². The van der Waals surface area contributed by atoms with Gasteiger partial charge in [0.15, 0.2) is 5.78 Å². The van der Waals surface area contributed by atoms with Crippen LogP contribution in [0.5, 0.6) is 0 Å². The number of anilines is 1. The van der Waals surface area contributed by atoms with Crippen molar-refractivity contribution in [2.75, 3.05) is 5.01 Å². The van der Waals surface area contributed by atoms with E-state index < -0.39 is 0 Å². The predicted octanol–water partition coefficient (Wildman–Crippen LogP) is 4.39. The fourth-order valence-electron chi connectivity index (χ4n) is 2.77. The lowest BCUT2D eigenvalue weighted by atomic mass is 10.1. The lowest BCUT2D eigenvalue weighted by Crippen LogP contribution is -2.42. The Kier molecular flexibility index (Phi) is 6.36. The van der Waals surface area contributed by atoms with Crippen LogP contribution in [0.1, 0.15) is 28.8 Å². The van der Waals surface area contributed by atoms with Gasteiger partial charge in [-0.15, -0.1) is 0 Å². The number of carbonyl (C=O) groups is 2. The largest absolute Gasteiger partial charge is 0.294 e. The summed E-state index contributed by atoms with van der Waals surface area (Å²) in [4.78, 5) is 24.7. The summed E-state index contributed by atoms with van der Waals surface area (Å²) in [5, 5.41) is 1.81. The normalized spacial score (nSPS) is 10.2. The molecule has 0 aliphatic rings. The van der Waals surface area contributed by atoms with Crippen LogP contribution < -0.4 is 10.4 Å². The Morgan fingerprint density at radius 1 is 0.704 bits per heavy atom. The van der Waals surface area contributed by atoms with E-state index in [1.807, 2.05) is 83.9 Å². The highest BCUT2D eigenvalue weighted by molar-refractivity contribution is 5.98. The molecule has 0 radical (unpaired) electrons. The summed E-state index contributed by atoms with van der Waals surface area (Å²) < 4.78 is 0. The minimum Gasteiger partial charge on any atom is -0.294 e. The van der Waals surface area contributed by atoms with Crippen molar-refractivity contribution in [2.24, 2.45) is 0 Å². The molecular weight excluding hydrogens is 336 g/mol. The van der Waals surface area contributed by atoms with E-state index in [9.17, 15) is 9.59 Å². The topological polar surface area (TPSA) is 49.4 Å². The summed E-state index contributed by atoms with van der Waals surface area (Å²) in [6, 6.07) is 28.7. The number of nitrogens with one attached hydrogen (secondary N) is 1. The number of benzene rings is 3. The number of hydrogen-bond donors (Lipinski definition) is 1. The summed E-state index contributed by atoms with van der Waals surface area (Å²) in [6.07, 6.45) is 0.329. The molecule has 3 aromatic rings. The fraction of sp³-hybridized carbons (Fsp3) is 0.130. The van der Waals surface area contributed by atoms with E-state index in [1.54, 1.807) is 12.1 Å². The molecule has 0 aliphatic carbocycles. The average Bonchev–Trinajstić information content (AvgIpc) is 2.73. The van der Waals surface area contributed by atoms with Gasteiger partial charge in [-0.3, -0.25) is 20.0 Å². The van der Waals surface area contributed by atoms with E-state index in [1.165, 1.54) is 0 Å². The highest BCUT2D eigenvalue weighted by Crippen LogP contribution is 2.15. The van der Waals surface area contributed by atoms with Gasteiger partial charge in [-0.2, -0.15) is 0 Å². The van der Waals surface area contributed by atoms with Crippen molar-refractivity contribution in [1.82, 2.24) is 5.43 Å². The zero-order chi connectivity index (χ0) is 18.9. The van der Waals surface area contributed by atoms with Crippen LogP contribution in [0.15, 0.2) is 91.0 Å². The second-order valence-electron chi connectivity index (χ2n) is 6.23. The Morgan fingerprint density at radius 2 is 1.26 bits per heavy atom. The highest BCUT2D eigenvalue weighted by atomic mass is 16.2. The van der Waals surface area contributed by atoms with Crippen LogP contribution in [-0.2, 0) is 11.3 Å². The summed E-state index contributed by atoms with van der Waals surface area (Å²) in [7, 11) is 0. The van der Waals surface area contributed by atoms with Crippen molar-refractivity contribution in [3.05, 3.63) is 102 Å². The molecule has 27 heavy (non-hydrogen) atoms. The quantitative estimate of drug-likeness (QED) is 0.480. The maximum atomic E-state index is 12.4. The van der Waals surface area contributed by atoms with Crippen LogP contribution in [0.2, 0.25) is 0 Å². The van der Waals surface area contributed by atoms with Crippen molar-refractivity contribution in [3.63, 3.8) is 0 Å². The zero-order valence-electron chi connectivity index (χ0n) is 15.0. The first-order valence-electron chi connectivity index (χ1n) is 8.96. The number of carbonyl (C=O) groups excluding carboxylic acids is 2. The van der Waals surface area contributed by atoms with Gasteiger partial charge in [0, 0.05) is 18.4 Å². The molecule has 0 saturated carbocycles. The average molecular weight is 358 g/mol. The van der Waals surface area contributed by atoms with Crippen molar-refractivity contribution >= 4 is 17.4 Å². The Bertz CT molecular complexity index is 865. The third-order valence-corrected chi connectivity index (χ3v) is 4.19. The molecule has 0 saturated heterocycles. The predicted molar refractivity (Wildman–Crippen MR) is 107 cm³/mol. The molecule has 0 atom stereocenters. The Labute approximate surface area is 159 Å². The Balaban J connectivity index is 1.63. The number of hydrogen-bond acceptors (Lipinski definition) is 3. The molecule has 0 unspecified atom stereocenters. The van der Waals surface area contributed by atoms with Crippen LogP contribution in [0, 0.1) is 0 Å². The Morgan fingerprint density at radius 3 is 1.89 bits per heavy atom. The van der Waals surface area contributed by atoms with E-state index in [-0.39, 0.29) is 24.5 Å². The van der Waals surface area contributed by atoms with Crippen LogP contribution in [0.25, 0.3) is 0 Å². The SMILES string of the molecule is O=C(CCC(=O)c1ccccc1)NN(Cc1ccccc1)c1ccccc1. The third-order valence-electron chi connectivity index (χ3n) is 4.19. The third kappa shape index (κ3) is 5.54. The van der Waals surface area contributed by atoms with E-state index in [4.69, 9.17) is 0 Å². The molecule has 3 aromatic carbocycles. The van der Waals surface area contributed by atoms with E-state index >= 15 is 0 Å². The van der Waals surface area contributed by atoms with Gasteiger partial charge in [-0.1, -0.05) is 78.9 Å². The number of para-hydroxylation sites is 1. The van der Waals surface area contributed by atoms with Gasteiger partial charge >= 0.3 is 0 Å². The van der Waals surface area contributed by atoms with Crippen molar-refractivity contribution in [3.8, 4) is 0 Å². The van der Waals surface area contributed by atoms with Crippen molar-refractivity contribution < 1.29 is 9.59 Å². The molecule has 0 spiro atoms. The summed E-state index contributed by atoms with van der Waals surface area (Å²) in [6.45, 7) is 0.545. The summed E-state index contributed by atoms with van der Waals surface area (Å²) in [5.41, 5.74) is 5.54. The molecule has 0 aliphatic heterocycles. The first-order chi connectivity index (χ1) is 13.2. The summed E-state index contributed by atoms with van der Waals surface area (Å²) >= 11 is 0.